The Morgan fingerprint density at radius 1 is 1.27 bits per heavy atom. The van der Waals surface area contributed by atoms with Crippen LogP contribution in [0.3, 0.4) is 0 Å². The highest BCUT2D eigenvalue weighted by atomic mass is 16.5. The van der Waals surface area contributed by atoms with Crippen molar-refractivity contribution in [3.63, 3.8) is 0 Å². The molecule has 1 rings (SSSR count). The van der Waals surface area contributed by atoms with E-state index in [2.05, 4.69) is 5.32 Å². The molecule has 0 radical (unpaired) electrons. The first-order chi connectivity index (χ1) is 7.33. The van der Waals surface area contributed by atoms with Crippen LogP contribution < -0.4 is 10.1 Å². The molecule has 0 aromatic heterocycles. The Morgan fingerprint density at radius 2 is 2.00 bits per heavy atom. The van der Waals surface area contributed by atoms with Crippen molar-refractivity contribution in [2.75, 3.05) is 26.3 Å². The van der Waals surface area contributed by atoms with Crippen molar-refractivity contribution in [3.05, 3.63) is 30.3 Å². The van der Waals surface area contributed by atoms with Crippen molar-refractivity contribution >= 4 is 0 Å². The monoisotopic (exact) mass is 211 g/mol. The van der Waals surface area contributed by atoms with Gasteiger partial charge in [0.25, 0.3) is 0 Å². The summed E-state index contributed by atoms with van der Waals surface area (Å²) in [6.45, 7) is 1.36. The first kappa shape index (κ1) is 12.0. The molecule has 1 aromatic rings. The summed E-state index contributed by atoms with van der Waals surface area (Å²) < 4.78 is 5.41. The molecule has 0 saturated heterocycles. The lowest BCUT2D eigenvalue weighted by atomic mass is 10.3. The molecule has 0 spiro atoms. The van der Waals surface area contributed by atoms with Crippen LogP contribution in [0.15, 0.2) is 30.3 Å². The molecule has 0 bridgehead atoms. The minimum atomic E-state index is -0.693. The summed E-state index contributed by atoms with van der Waals surface area (Å²) in [6.07, 6.45) is -0.693. The van der Waals surface area contributed by atoms with Crippen LogP contribution in [0.25, 0.3) is 0 Å². The first-order valence-corrected chi connectivity index (χ1v) is 5.00. The van der Waals surface area contributed by atoms with Gasteiger partial charge in [-0.05, 0) is 12.1 Å². The molecule has 3 N–H and O–H groups in total. The normalized spacial score (nSPS) is 12.4. The largest absolute Gasteiger partial charge is 0.492 e. The van der Waals surface area contributed by atoms with Crippen molar-refractivity contribution in [3.8, 4) is 5.75 Å². The molecule has 4 nitrogen and oxygen atoms in total. The predicted molar refractivity (Wildman–Crippen MR) is 57.9 cm³/mol. The van der Waals surface area contributed by atoms with Crippen molar-refractivity contribution in [2.24, 2.45) is 0 Å². The van der Waals surface area contributed by atoms with Gasteiger partial charge in [-0.15, -0.1) is 0 Å². The number of benzene rings is 1. The second-order valence-corrected chi connectivity index (χ2v) is 3.20. The summed E-state index contributed by atoms with van der Waals surface area (Å²) in [6, 6.07) is 9.55. The number of aliphatic hydroxyl groups excluding tert-OH is 2. The molecule has 0 aliphatic carbocycles. The van der Waals surface area contributed by atoms with E-state index in [1.165, 1.54) is 0 Å². The van der Waals surface area contributed by atoms with Gasteiger partial charge in [0.2, 0.25) is 0 Å². The van der Waals surface area contributed by atoms with E-state index in [1.807, 2.05) is 30.3 Å². The Kier molecular flexibility index (Phi) is 5.77. The van der Waals surface area contributed by atoms with Crippen molar-refractivity contribution in [2.45, 2.75) is 6.10 Å². The van der Waals surface area contributed by atoms with Crippen molar-refractivity contribution in [1.82, 2.24) is 5.32 Å². The van der Waals surface area contributed by atoms with Crippen molar-refractivity contribution < 1.29 is 14.9 Å². The molecule has 84 valence electrons. The minimum Gasteiger partial charge on any atom is -0.492 e. The fourth-order valence-corrected chi connectivity index (χ4v) is 1.09. The number of rotatable bonds is 7. The Bertz CT molecular complexity index is 253. The highest BCUT2D eigenvalue weighted by Crippen LogP contribution is 2.07. The lowest BCUT2D eigenvalue weighted by molar-refractivity contribution is 0.0936. The zero-order valence-corrected chi connectivity index (χ0v) is 8.60. The van der Waals surface area contributed by atoms with Crippen LogP contribution in [0.4, 0.5) is 0 Å². The number of aliphatic hydroxyl groups is 2. The molecule has 4 heteroatoms. The van der Waals surface area contributed by atoms with E-state index in [4.69, 9.17) is 14.9 Å². The molecule has 0 fully saturated rings. The molecular weight excluding hydrogens is 194 g/mol. The molecule has 1 atom stereocenters. The number of hydrogen-bond acceptors (Lipinski definition) is 4. The maximum atomic E-state index is 9.02. The average molecular weight is 211 g/mol. The van der Waals surface area contributed by atoms with Crippen LogP contribution in [-0.2, 0) is 0 Å². The molecule has 0 unspecified atom stereocenters. The Morgan fingerprint density at radius 3 is 2.67 bits per heavy atom. The third kappa shape index (κ3) is 5.37. The predicted octanol–water partition coefficient (Wildman–Crippen LogP) is 0.00820. The van der Waals surface area contributed by atoms with Crippen LogP contribution in [0.1, 0.15) is 0 Å². The zero-order chi connectivity index (χ0) is 10.9. The molecule has 1 aromatic carbocycles. The van der Waals surface area contributed by atoms with E-state index < -0.39 is 6.10 Å². The quantitative estimate of drug-likeness (QED) is 0.556. The van der Waals surface area contributed by atoms with Gasteiger partial charge in [0.05, 0.1) is 12.7 Å². The van der Waals surface area contributed by atoms with Gasteiger partial charge in [0.15, 0.2) is 0 Å². The fraction of sp³-hybridized carbons (Fsp3) is 0.455. The zero-order valence-electron chi connectivity index (χ0n) is 8.60. The third-order valence-corrected chi connectivity index (χ3v) is 1.88. The van der Waals surface area contributed by atoms with E-state index in [0.717, 1.165) is 5.75 Å². The maximum Gasteiger partial charge on any atom is 0.119 e. The van der Waals surface area contributed by atoms with Gasteiger partial charge in [-0.25, -0.2) is 0 Å². The molecule has 15 heavy (non-hydrogen) atoms. The Hall–Kier alpha value is -1.10. The second kappa shape index (κ2) is 7.23. The topological polar surface area (TPSA) is 61.7 Å². The van der Waals surface area contributed by atoms with E-state index in [-0.39, 0.29) is 6.61 Å². The maximum absolute atomic E-state index is 9.02. The van der Waals surface area contributed by atoms with Gasteiger partial charge < -0.3 is 20.3 Å². The van der Waals surface area contributed by atoms with Gasteiger partial charge in [-0.1, -0.05) is 18.2 Å². The van der Waals surface area contributed by atoms with E-state index in [9.17, 15) is 0 Å². The summed E-state index contributed by atoms with van der Waals surface area (Å²) in [5.74, 6) is 0.835. The SMILES string of the molecule is OC[C@@H](O)CNCCOc1ccccc1. The Balaban J connectivity index is 2.03. The van der Waals surface area contributed by atoms with E-state index >= 15 is 0 Å². The van der Waals surface area contributed by atoms with Crippen LogP contribution in [-0.4, -0.2) is 42.6 Å². The Labute approximate surface area is 89.5 Å². The summed E-state index contributed by atoms with van der Waals surface area (Å²) in [4.78, 5) is 0. The summed E-state index contributed by atoms with van der Waals surface area (Å²) >= 11 is 0. The van der Waals surface area contributed by atoms with Gasteiger partial charge in [0, 0.05) is 13.1 Å². The molecule has 0 aliphatic heterocycles. The van der Waals surface area contributed by atoms with Crippen LogP contribution >= 0.6 is 0 Å². The first-order valence-electron chi connectivity index (χ1n) is 5.00. The molecule has 0 heterocycles. The van der Waals surface area contributed by atoms with Crippen LogP contribution in [0.2, 0.25) is 0 Å². The molecular formula is C11H17NO3. The molecule has 0 aliphatic rings. The van der Waals surface area contributed by atoms with Gasteiger partial charge >= 0.3 is 0 Å². The number of nitrogens with one attached hydrogen (secondary N) is 1. The number of ether oxygens (including phenoxy) is 1. The molecule has 0 amide bonds. The average Bonchev–Trinajstić information content (AvgIpc) is 2.29. The van der Waals surface area contributed by atoms with Gasteiger partial charge in [0.1, 0.15) is 12.4 Å². The molecule has 0 saturated carbocycles. The van der Waals surface area contributed by atoms with E-state index in [0.29, 0.717) is 19.7 Å². The highest BCUT2D eigenvalue weighted by molar-refractivity contribution is 5.20. The summed E-state index contributed by atoms with van der Waals surface area (Å²) in [5.41, 5.74) is 0. The highest BCUT2D eigenvalue weighted by Gasteiger charge is 1.99. The van der Waals surface area contributed by atoms with Gasteiger partial charge in [-0.3, -0.25) is 0 Å². The fourth-order valence-electron chi connectivity index (χ4n) is 1.09. The lowest BCUT2D eigenvalue weighted by Crippen LogP contribution is -2.32. The number of para-hydroxylation sites is 1. The van der Waals surface area contributed by atoms with E-state index in [1.54, 1.807) is 0 Å². The van der Waals surface area contributed by atoms with Crippen LogP contribution in [0.5, 0.6) is 5.75 Å². The number of hydrogen-bond donors (Lipinski definition) is 3. The summed E-state index contributed by atoms with van der Waals surface area (Å²) in [5, 5.41) is 20.5. The van der Waals surface area contributed by atoms with Crippen LogP contribution in [0, 0.1) is 0 Å². The standard InChI is InChI=1S/C11H17NO3/c13-9-10(14)8-12-6-7-15-11-4-2-1-3-5-11/h1-5,10,12-14H,6-9H2/t10-/m0/s1. The third-order valence-electron chi connectivity index (χ3n) is 1.88. The van der Waals surface area contributed by atoms with Crippen molar-refractivity contribution in [1.29, 1.82) is 0 Å². The lowest BCUT2D eigenvalue weighted by Gasteiger charge is -2.09. The smallest absolute Gasteiger partial charge is 0.119 e. The summed E-state index contributed by atoms with van der Waals surface area (Å²) in [7, 11) is 0. The van der Waals surface area contributed by atoms with Gasteiger partial charge in [-0.2, -0.15) is 0 Å². The second-order valence-electron chi connectivity index (χ2n) is 3.20. The minimum absolute atomic E-state index is 0.216.